The van der Waals surface area contributed by atoms with Crippen molar-refractivity contribution in [1.29, 1.82) is 0 Å². The molecule has 7 nitrogen and oxygen atoms in total. The van der Waals surface area contributed by atoms with E-state index in [1.54, 1.807) is 17.8 Å². The van der Waals surface area contributed by atoms with E-state index in [9.17, 15) is 4.79 Å². The monoisotopic (exact) mass is 505 g/mol. The Kier molecular flexibility index (Phi) is 6.63. The minimum absolute atomic E-state index is 0.0333. The molecule has 0 saturated carbocycles. The molecule has 1 aromatic heterocycles. The lowest BCUT2D eigenvalue weighted by molar-refractivity contribution is 0.0507. The van der Waals surface area contributed by atoms with Gasteiger partial charge in [0.1, 0.15) is 5.82 Å². The van der Waals surface area contributed by atoms with E-state index in [1.165, 1.54) is 17.7 Å². The zero-order chi connectivity index (χ0) is 24.5. The van der Waals surface area contributed by atoms with E-state index in [0.29, 0.717) is 30.2 Å². The number of benzene rings is 2. The lowest BCUT2D eigenvalue weighted by atomic mass is 10.1. The zero-order valence-corrected chi connectivity index (χ0v) is 21.4. The van der Waals surface area contributed by atoms with E-state index in [2.05, 4.69) is 35.4 Å². The van der Waals surface area contributed by atoms with Crippen molar-refractivity contribution in [2.75, 3.05) is 44.2 Å². The van der Waals surface area contributed by atoms with Crippen molar-refractivity contribution in [2.45, 2.75) is 43.2 Å². The molecule has 0 spiro atoms. The summed E-state index contributed by atoms with van der Waals surface area (Å²) < 4.78 is 16.9. The highest BCUT2D eigenvalue weighted by molar-refractivity contribution is 7.98. The molecule has 3 aliphatic rings. The van der Waals surface area contributed by atoms with Gasteiger partial charge in [-0.3, -0.25) is 4.79 Å². The molecule has 4 heterocycles. The highest BCUT2D eigenvalue weighted by atomic mass is 32.2. The van der Waals surface area contributed by atoms with Crippen LogP contribution in [0.25, 0.3) is 10.9 Å². The van der Waals surface area contributed by atoms with Crippen molar-refractivity contribution in [3.63, 3.8) is 0 Å². The topological polar surface area (TPSA) is 64.1 Å². The average Bonchev–Trinajstić information content (AvgIpc) is 3.70. The van der Waals surface area contributed by atoms with Crippen molar-refractivity contribution < 1.29 is 19.0 Å². The van der Waals surface area contributed by atoms with Gasteiger partial charge in [-0.1, -0.05) is 6.07 Å². The Morgan fingerprint density at radius 1 is 1.08 bits per heavy atom. The van der Waals surface area contributed by atoms with E-state index in [4.69, 9.17) is 19.2 Å². The van der Waals surface area contributed by atoms with Crippen molar-refractivity contribution in [2.24, 2.45) is 0 Å². The molecule has 0 bridgehead atoms. The second-order valence-corrected chi connectivity index (χ2v) is 10.5. The van der Waals surface area contributed by atoms with Gasteiger partial charge in [0.25, 0.3) is 5.91 Å². The smallest absolute Gasteiger partial charge is 0.254 e. The van der Waals surface area contributed by atoms with Crippen LogP contribution in [0.4, 0.5) is 5.82 Å². The summed E-state index contributed by atoms with van der Waals surface area (Å²) >= 11 is 1.72. The molecule has 3 aromatic rings. The average molecular weight is 506 g/mol. The summed E-state index contributed by atoms with van der Waals surface area (Å²) in [6.45, 7) is 3.96. The Morgan fingerprint density at radius 3 is 2.75 bits per heavy atom. The molecule has 0 N–H and O–H groups in total. The first-order valence-corrected chi connectivity index (χ1v) is 13.9. The van der Waals surface area contributed by atoms with Crippen molar-refractivity contribution >= 4 is 34.4 Å². The molecule has 0 radical (unpaired) electrons. The molecule has 2 aromatic carbocycles. The molecule has 0 aliphatic carbocycles. The lowest BCUT2D eigenvalue weighted by Crippen LogP contribution is -2.37. The van der Waals surface area contributed by atoms with Crippen LogP contribution >= 0.6 is 11.8 Å². The van der Waals surface area contributed by atoms with Crippen LogP contribution in [0.15, 0.2) is 47.4 Å². The first kappa shape index (κ1) is 23.4. The van der Waals surface area contributed by atoms with Crippen molar-refractivity contribution in [3.05, 3.63) is 53.6 Å². The summed E-state index contributed by atoms with van der Waals surface area (Å²) in [5.41, 5.74) is 2.67. The number of hydrogen-bond donors (Lipinski definition) is 0. The molecule has 3 aliphatic heterocycles. The van der Waals surface area contributed by atoms with Crippen LogP contribution in [-0.4, -0.2) is 61.2 Å². The van der Waals surface area contributed by atoms with Crippen LogP contribution < -0.4 is 14.4 Å². The quantitative estimate of drug-likeness (QED) is 0.414. The third-order valence-corrected chi connectivity index (χ3v) is 7.93. The summed E-state index contributed by atoms with van der Waals surface area (Å²) in [5.74, 6) is 2.26. The fourth-order valence-corrected chi connectivity index (χ4v) is 5.73. The normalized spacial score (nSPS) is 18.8. The highest BCUT2D eigenvalue weighted by Crippen LogP contribution is 2.34. The van der Waals surface area contributed by atoms with Crippen LogP contribution in [0.2, 0.25) is 0 Å². The van der Waals surface area contributed by atoms with Gasteiger partial charge < -0.3 is 24.0 Å². The van der Waals surface area contributed by atoms with E-state index in [-0.39, 0.29) is 18.8 Å². The molecular formula is C28H31N3O4S. The first-order valence-electron chi connectivity index (χ1n) is 12.7. The predicted octanol–water partition coefficient (Wildman–Crippen LogP) is 5.11. The molecule has 2 saturated heterocycles. The first-order chi connectivity index (χ1) is 17.7. The molecular weight excluding hydrogens is 474 g/mol. The molecule has 36 heavy (non-hydrogen) atoms. The summed E-state index contributed by atoms with van der Waals surface area (Å²) in [5, 5.41) is 1.10. The molecule has 8 heteroatoms. The molecule has 1 amide bonds. The van der Waals surface area contributed by atoms with Crippen LogP contribution in [0.5, 0.6) is 11.5 Å². The number of carbonyl (C=O) groups is 1. The zero-order valence-electron chi connectivity index (χ0n) is 20.6. The number of aromatic nitrogens is 1. The predicted molar refractivity (Wildman–Crippen MR) is 141 cm³/mol. The number of ether oxygens (including phenoxy) is 3. The van der Waals surface area contributed by atoms with E-state index >= 15 is 0 Å². The Morgan fingerprint density at radius 2 is 1.94 bits per heavy atom. The maximum absolute atomic E-state index is 13.9. The summed E-state index contributed by atoms with van der Waals surface area (Å²) in [7, 11) is 0. The van der Waals surface area contributed by atoms with Gasteiger partial charge in [0.2, 0.25) is 6.79 Å². The molecule has 6 rings (SSSR count). The van der Waals surface area contributed by atoms with Gasteiger partial charge in [0.15, 0.2) is 11.5 Å². The van der Waals surface area contributed by atoms with Gasteiger partial charge in [0, 0.05) is 54.2 Å². The summed E-state index contributed by atoms with van der Waals surface area (Å²) in [6.07, 6.45) is 6.47. The fourth-order valence-electron chi connectivity index (χ4n) is 5.30. The third kappa shape index (κ3) is 4.72. The Balaban J connectivity index is 1.37. The van der Waals surface area contributed by atoms with Crippen LogP contribution in [0.1, 0.15) is 41.6 Å². The number of rotatable bonds is 7. The van der Waals surface area contributed by atoms with Crippen LogP contribution in [0, 0.1) is 0 Å². The number of nitrogens with zero attached hydrogens (tertiary/aromatic N) is 3. The van der Waals surface area contributed by atoms with Gasteiger partial charge in [-0.05, 0) is 68.3 Å². The third-order valence-electron chi connectivity index (χ3n) is 7.20. The van der Waals surface area contributed by atoms with E-state index < -0.39 is 0 Å². The lowest BCUT2D eigenvalue weighted by Gasteiger charge is -2.28. The van der Waals surface area contributed by atoms with Crippen molar-refractivity contribution in [3.8, 4) is 11.5 Å². The summed E-state index contributed by atoms with van der Waals surface area (Å²) in [6, 6.07) is 14.1. The Hall–Kier alpha value is -2.97. The van der Waals surface area contributed by atoms with E-state index in [0.717, 1.165) is 54.8 Å². The molecule has 2 fully saturated rings. The van der Waals surface area contributed by atoms with Gasteiger partial charge in [0.05, 0.1) is 11.6 Å². The maximum Gasteiger partial charge on any atom is 0.254 e. The number of carbonyl (C=O) groups excluding carboxylic acids is 1. The largest absolute Gasteiger partial charge is 0.454 e. The van der Waals surface area contributed by atoms with Gasteiger partial charge in [-0.2, -0.15) is 0 Å². The maximum atomic E-state index is 13.9. The number of anilines is 1. The van der Waals surface area contributed by atoms with Gasteiger partial charge >= 0.3 is 0 Å². The van der Waals surface area contributed by atoms with Crippen LogP contribution in [-0.2, 0) is 11.3 Å². The minimum atomic E-state index is -0.0333. The van der Waals surface area contributed by atoms with Gasteiger partial charge in [-0.15, -0.1) is 11.8 Å². The highest BCUT2D eigenvalue weighted by Gasteiger charge is 2.27. The van der Waals surface area contributed by atoms with E-state index in [1.807, 2.05) is 17.0 Å². The second kappa shape index (κ2) is 10.2. The Labute approximate surface area is 215 Å². The number of amides is 1. The number of pyridine rings is 1. The molecule has 188 valence electrons. The Bertz CT molecular complexity index is 1270. The minimum Gasteiger partial charge on any atom is -0.454 e. The number of hydrogen-bond acceptors (Lipinski definition) is 7. The standard InChI is InChI=1S/C28H31N3O4S/c1-36-23-8-6-19-13-21(27(29-24(19)15-23)30-10-2-3-11-30)16-31(17-22-5-4-12-33-22)28(32)20-7-9-25-26(14-20)35-18-34-25/h6-9,13-15,22H,2-5,10-12,16-18H2,1H3. The van der Waals surface area contributed by atoms with Crippen LogP contribution in [0.3, 0.4) is 0 Å². The number of thioether (sulfide) groups is 1. The number of fused-ring (bicyclic) bond motifs is 2. The summed E-state index contributed by atoms with van der Waals surface area (Å²) in [4.78, 5) is 24.5. The van der Waals surface area contributed by atoms with Crippen molar-refractivity contribution in [1.82, 2.24) is 9.88 Å². The van der Waals surface area contributed by atoms with Gasteiger partial charge in [-0.25, -0.2) is 4.98 Å². The molecule has 1 unspecified atom stereocenters. The second-order valence-electron chi connectivity index (χ2n) is 9.61. The SMILES string of the molecule is CSc1ccc2cc(CN(CC3CCCO3)C(=O)c3ccc4c(c3)OCO4)c(N3CCCC3)nc2c1. The molecule has 1 atom stereocenters. The fraction of sp³-hybridized carbons (Fsp3) is 0.429.